The van der Waals surface area contributed by atoms with Crippen LogP contribution in [0.15, 0.2) is 49.1 Å². The van der Waals surface area contributed by atoms with Crippen LogP contribution in [0.4, 0.5) is 5.69 Å². The van der Waals surface area contributed by atoms with E-state index in [1.54, 1.807) is 42.5 Å². The fourth-order valence-electron chi connectivity index (χ4n) is 2.73. The summed E-state index contributed by atoms with van der Waals surface area (Å²) >= 11 is 12.1. The van der Waals surface area contributed by atoms with Crippen LogP contribution < -0.4 is 14.8 Å². The summed E-state index contributed by atoms with van der Waals surface area (Å²) in [4.78, 5) is 27.0. The van der Waals surface area contributed by atoms with Gasteiger partial charge in [0.15, 0.2) is 11.5 Å². The minimum atomic E-state index is -0.376. The molecule has 0 aliphatic rings. The number of methoxy groups -OCH3 is 1. The molecule has 0 radical (unpaired) electrons. The van der Waals surface area contributed by atoms with Crippen LogP contribution in [0, 0.1) is 0 Å². The Kier molecular flexibility index (Phi) is 9.02. The summed E-state index contributed by atoms with van der Waals surface area (Å²) in [5, 5.41) is 3.51. The fraction of sp³-hybridized carbons (Fsp3) is 0.273. The first-order chi connectivity index (χ1) is 14.4. The van der Waals surface area contributed by atoms with Gasteiger partial charge < -0.3 is 19.7 Å². The van der Waals surface area contributed by atoms with Crippen LogP contribution in [-0.2, 0) is 4.79 Å². The van der Waals surface area contributed by atoms with Gasteiger partial charge in [0, 0.05) is 17.1 Å². The van der Waals surface area contributed by atoms with Crippen molar-refractivity contribution in [3.63, 3.8) is 0 Å². The van der Waals surface area contributed by atoms with E-state index in [1.165, 1.54) is 12.0 Å². The van der Waals surface area contributed by atoms with Crippen molar-refractivity contribution >= 4 is 40.7 Å². The molecule has 2 aromatic carbocycles. The normalized spacial score (nSPS) is 10.3. The highest BCUT2D eigenvalue weighted by Crippen LogP contribution is 2.29. The molecule has 0 bridgehead atoms. The van der Waals surface area contributed by atoms with Crippen LogP contribution in [0.3, 0.4) is 0 Å². The van der Waals surface area contributed by atoms with Gasteiger partial charge in [-0.25, -0.2) is 0 Å². The number of carbonyl (C=O) groups is 2. The zero-order valence-electron chi connectivity index (χ0n) is 16.9. The van der Waals surface area contributed by atoms with Gasteiger partial charge in [0.2, 0.25) is 5.91 Å². The number of rotatable bonds is 10. The van der Waals surface area contributed by atoms with Crippen molar-refractivity contribution in [2.75, 3.05) is 32.1 Å². The molecule has 1 N–H and O–H groups in total. The maximum atomic E-state index is 13.0. The van der Waals surface area contributed by atoms with Crippen molar-refractivity contribution in [2.24, 2.45) is 0 Å². The third-order valence-corrected chi connectivity index (χ3v) is 4.65. The van der Waals surface area contributed by atoms with Crippen LogP contribution in [-0.4, -0.2) is 43.5 Å². The van der Waals surface area contributed by atoms with Gasteiger partial charge in [-0.1, -0.05) is 42.8 Å². The number of amides is 2. The van der Waals surface area contributed by atoms with Gasteiger partial charge in [-0.05, 0) is 42.8 Å². The van der Waals surface area contributed by atoms with Gasteiger partial charge in [0.25, 0.3) is 5.91 Å². The van der Waals surface area contributed by atoms with Gasteiger partial charge in [-0.3, -0.25) is 9.59 Å². The lowest BCUT2D eigenvalue weighted by Crippen LogP contribution is -2.38. The summed E-state index contributed by atoms with van der Waals surface area (Å²) in [6.07, 6.45) is 2.31. The van der Waals surface area contributed by atoms with E-state index in [-0.39, 0.29) is 18.4 Å². The number of nitrogens with one attached hydrogen (secondary N) is 1. The van der Waals surface area contributed by atoms with Gasteiger partial charge in [-0.2, -0.15) is 0 Å². The molecular formula is C22H24Cl2N2O4. The van der Waals surface area contributed by atoms with Gasteiger partial charge in [-0.15, -0.1) is 0 Å². The Morgan fingerprint density at radius 3 is 2.60 bits per heavy atom. The Labute approximate surface area is 186 Å². The predicted molar refractivity (Wildman–Crippen MR) is 120 cm³/mol. The number of hydrogen-bond donors (Lipinski definition) is 1. The molecular weight excluding hydrogens is 427 g/mol. The molecule has 2 aromatic rings. The van der Waals surface area contributed by atoms with E-state index >= 15 is 0 Å². The zero-order valence-corrected chi connectivity index (χ0v) is 18.4. The summed E-state index contributed by atoms with van der Waals surface area (Å²) in [6, 6.07) is 9.66. The molecule has 160 valence electrons. The van der Waals surface area contributed by atoms with Gasteiger partial charge in [0.1, 0.15) is 13.2 Å². The van der Waals surface area contributed by atoms with Crippen molar-refractivity contribution in [1.82, 2.24) is 4.90 Å². The first-order valence-electron chi connectivity index (χ1n) is 9.35. The van der Waals surface area contributed by atoms with Crippen molar-refractivity contribution < 1.29 is 19.1 Å². The predicted octanol–water partition coefficient (Wildman–Crippen LogP) is 5.06. The van der Waals surface area contributed by atoms with Crippen LogP contribution in [0.2, 0.25) is 10.0 Å². The minimum Gasteiger partial charge on any atom is -0.493 e. The van der Waals surface area contributed by atoms with Crippen LogP contribution in [0.25, 0.3) is 0 Å². The molecule has 2 rings (SSSR count). The molecule has 0 heterocycles. The van der Waals surface area contributed by atoms with E-state index in [2.05, 4.69) is 11.9 Å². The molecule has 0 spiro atoms. The molecule has 2 amide bonds. The molecule has 8 heteroatoms. The van der Waals surface area contributed by atoms with Gasteiger partial charge >= 0.3 is 0 Å². The summed E-state index contributed by atoms with van der Waals surface area (Å²) in [7, 11) is 1.50. The third kappa shape index (κ3) is 6.40. The van der Waals surface area contributed by atoms with Gasteiger partial charge in [0.05, 0.1) is 17.8 Å². The molecule has 0 saturated heterocycles. The number of anilines is 1. The lowest BCUT2D eigenvalue weighted by atomic mass is 10.1. The van der Waals surface area contributed by atoms with Crippen LogP contribution in [0.1, 0.15) is 23.7 Å². The second kappa shape index (κ2) is 11.5. The zero-order chi connectivity index (χ0) is 22.1. The van der Waals surface area contributed by atoms with Crippen molar-refractivity contribution in [3.05, 3.63) is 64.7 Å². The van der Waals surface area contributed by atoms with Crippen molar-refractivity contribution in [2.45, 2.75) is 13.3 Å². The summed E-state index contributed by atoms with van der Waals surface area (Å²) < 4.78 is 10.8. The van der Waals surface area contributed by atoms with Crippen molar-refractivity contribution in [1.29, 1.82) is 0 Å². The quantitative estimate of drug-likeness (QED) is 0.513. The second-order valence-corrected chi connectivity index (χ2v) is 7.21. The maximum absolute atomic E-state index is 13.0. The number of halogens is 2. The number of nitrogens with zero attached hydrogens (tertiary/aromatic N) is 1. The molecule has 0 aliphatic carbocycles. The van der Waals surface area contributed by atoms with E-state index in [0.717, 1.165) is 0 Å². The van der Waals surface area contributed by atoms with E-state index in [4.69, 9.17) is 32.7 Å². The molecule has 0 aliphatic heterocycles. The average Bonchev–Trinajstić information content (AvgIpc) is 2.73. The topological polar surface area (TPSA) is 67.9 Å². The molecule has 0 fully saturated rings. The van der Waals surface area contributed by atoms with Crippen molar-refractivity contribution in [3.8, 4) is 11.5 Å². The van der Waals surface area contributed by atoms with Crippen LogP contribution in [0.5, 0.6) is 11.5 Å². The first-order valence-corrected chi connectivity index (χ1v) is 10.1. The minimum absolute atomic E-state index is 0.132. The number of ether oxygens (including phenoxy) is 2. The summed E-state index contributed by atoms with van der Waals surface area (Å²) in [6.45, 7) is 6.13. The highest BCUT2D eigenvalue weighted by molar-refractivity contribution is 6.35. The SMILES string of the molecule is C=CCOc1ccc(C(=O)N(CCC)CC(=O)Nc2cc(Cl)ccc2Cl)cc1OC. The Bertz CT molecular complexity index is 918. The lowest BCUT2D eigenvalue weighted by Gasteiger charge is -2.22. The average molecular weight is 451 g/mol. The Balaban J connectivity index is 2.16. The van der Waals surface area contributed by atoms with E-state index in [1.807, 2.05) is 6.92 Å². The molecule has 0 aromatic heterocycles. The number of benzene rings is 2. The maximum Gasteiger partial charge on any atom is 0.254 e. The monoisotopic (exact) mass is 450 g/mol. The Morgan fingerprint density at radius 1 is 1.17 bits per heavy atom. The fourth-order valence-corrected chi connectivity index (χ4v) is 3.07. The Hall–Kier alpha value is -2.70. The summed E-state index contributed by atoms with van der Waals surface area (Å²) in [5.74, 6) is 0.260. The highest BCUT2D eigenvalue weighted by atomic mass is 35.5. The lowest BCUT2D eigenvalue weighted by molar-refractivity contribution is -0.116. The van der Waals surface area contributed by atoms with E-state index in [9.17, 15) is 9.59 Å². The first kappa shape index (κ1) is 23.6. The molecule has 6 nitrogen and oxygen atoms in total. The standard InChI is InChI=1S/C22H24Cl2N2O4/c1-4-10-26(14-21(27)25-18-13-16(23)7-8-17(18)24)22(28)15-6-9-19(30-11-5-2)20(12-15)29-3/h5-9,12-13H,2,4,10-11,14H2,1,3H3,(H,25,27). The van der Waals surface area contributed by atoms with Crippen LogP contribution >= 0.6 is 23.2 Å². The third-order valence-electron chi connectivity index (χ3n) is 4.08. The smallest absolute Gasteiger partial charge is 0.254 e. The Morgan fingerprint density at radius 2 is 1.93 bits per heavy atom. The molecule has 0 atom stereocenters. The second-order valence-electron chi connectivity index (χ2n) is 6.36. The number of carbonyl (C=O) groups excluding carboxylic acids is 2. The summed E-state index contributed by atoms with van der Waals surface area (Å²) in [5.41, 5.74) is 0.781. The number of hydrogen-bond acceptors (Lipinski definition) is 4. The largest absolute Gasteiger partial charge is 0.493 e. The highest BCUT2D eigenvalue weighted by Gasteiger charge is 2.20. The molecule has 30 heavy (non-hydrogen) atoms. The molecule has 0 unspecified atom stereocenters. The van der Waals surface area contributed by atoms with E-state index in [0.29, 0.717) is 52.4 Å². The van der Waals surface area contributed by atoms with E-state index < -0.39 is 0 Å². The molecule has 0 saturated carbocycles.